The average Bonchev–Trinajstić information content (AvgIpc) is 2.93. The van der Waals surface area contributed by atoms with Gasteiger partial charge >= 0.3 is 0 Å². The van der Waals surface area contributed by atoms with E-state index < -0.39 is 5.82 Å². The second-order valence-corrected chi connectivity index (χ2v) is 6.56. The summed E-state index contributed by atoms with van der Waals surface area (Å²) in [5.74, 6) is 0.266. The van der Waals surface area contributed by atoms with Gasteiger partial charge in [-0.3, -0.25) is 0 Å². The lowest BCUT2D eigenvalue weighted by Crippen LogP contribution is -2.02. The number of hydrogen-bond donors (Lipinski definition) is 0. The molecule has 0 fully saturated rings. The number of aromatic nitrogens is 1. The maximum atomic E-state index is 14.1. The molecule has 0 radical (unpaired) electrons. The number of methoxy groups -OCH3 is 1. The van der Waals surface area contributed by atoms with Crippen molar-refractivity contribution in [3.63, 3.8) is 0 Å². The monoisotopic (exact) mass is 380 g/mol. The van der Waals surface area contributed by atoms with Crippen LogP contribution in [0.1, 0.15) is 22.5 Å². The highest BCUT2D eigenvalue weighted by Crippen LogP contribution is 2.32. The molecule has 1 aromatic heterocycles. The van der Waals surface area contributed by atoms with Gasteiger partial charge in [-0.1, -0.05) is 29.8 Å². The third-order valence-corrected chi connectivity index (χ3v) is 4.67. The number of benzene rings is 2. The van der Waals surface area contributed by atoms with Crippen LogP contribution in [-0.2, 0) is 0 Å². The second kappa shape index (κ2) is 7.69. The molecule has 2 aromatic carbocycles. The van der Waals surface area contributed by atoms with Crippen LogP contribution in [0, 0.1) is 31.0 Å². The van der Waals surface area contributed by atoms with Gasteiger partial charge in [-0.05, 0) is 55.8 Å². The molecule has 0 aliphatic heterocycles. The first kappa shape index (κ1) is 18.8. The van der Waals surface area contributed by atoms with Crippen molar-refractivity contribution < 1.29 is 9.13 Å². The Morgan fingerprint density at radius 1 is 1.19 bits per heavy atom. The van der Waals surface area contributed by atoms with Crippen molar-refractivity contribution in [1.82, 2.24) is 4.57 Å². The molecule has 0 aliphatic carbocycles. The van der Waals surface area contributed by atoms with Crippen LogP contribution in [0.2, 0.25) is 5.02 Å². The van der Waals surface area contributed by atoms with Crippen molar-refractivity contribution in [2.24, 2.45) is 0 Å². The lowest BCUT2D eigenvalue weighted by molar-refractivity contribution is 0.412. The van der Waals surface area contributed by atoms with Crippen LogP contribution in [0.25, 0.3) is 17.3 Å². The number of allylic oxidation sites excluding steroid dienone is 1. The van der Waals surface area contributed by atoms with Gasteiger partial charge < -0.3 is 9.30 Å². The zero-order valence-corrected chi connectivity index (χ0v) is 16.0. The predicted molar refractivity (Wildman–Crippen MR) is 107 cm³/mol. The number of ether oxygens (including phenoxy) is 1. The fourth-order valence-electron chi connectivity index (χ4n) is 3.15. The van der Waals surface area contributed by atoms with Crippen molar-refractivity contribution >= 4 is 23.3 Å². The van der Waals surface area contributed by atoms with Crippen molar-refractivity contribution in [2.75, 3.05) is 7.11 Å². The van der Waals surface area contributed by atoms with Gasteiger partial charge in [-0.25, -0.2) is 4.39 Å². The second-order valence-electron chi connectivity index (χ2n) is 6.13. The molecule has 1 heterocycles. The summed E-state index contributed by atoms with van der Waals surface area (Å²) in [6.45, 7) is 3.90. The van der Waals surface area contributed by atoms with Crippen molar-refractivity contribution in [3.05, 3.63) is 81.9 Å². The third-order valence-electron chi connectivity index (χ3n) is 4.44. The molecule has 0 saturated heterocycles. The number of rotatable bonds is 4. The molecule has 0 amide bonds. The van der Waals surface area contributed by atoms with Gasteiger partial charge in [0, 0.05) is 22.0 Å². The Bertz CT molecular complexity index is 1080. The van der Waals surface area contributed by atoms with Crippen LogP contribution in [0.3, 0.4) is 0 Å². The molecule has 0 N–H and O–H groups in total. The van der Waals surface area contributed by atoms with Crippen LogP contribution >= 0.6 is 11.6 Å². The van der Waals surface area contributed by atoms with Gasteiger partial charge in [-0.15, -0.1) is 0 Å². The molecular formula is C22H18ClFN2O. The van der Waals surface area contributed by atoms with E-state index in [2.05, 4.69) is 6.07 Å². The Morgan fingerprint density at radius 2 is 1.93 bits per heavy atom. The van der Waals surface area contributed by atoms with E-state index >= 15 is 0 Å². The Kier molecular flexibility index (Phi) is 5.34. The van der Waals surface area contributed by atoms with E-state index in [1.165, 1.54) is 6.07 Å². The Balaban J connectivity index is 2.16. The molecule has 3 rings (SSSR count). The summed E-state index contributed by atoms with van der Waals surface area (Å²) < 4.78 is 21.6. The molecule has 3 nitrogen and oxygen atoms in total. The molecule has 0 spiro atoms. The van der Waals surface area contributed by atoms with Crippen LogP contribution in [0.4, 0.5) is 4.39 Å². The van der Waals surface area contributed by atoms with Crippen LogP contribution in [0.5, 0.6) is 5.75 Å². The fraction of sp³-hybridized carbons (Fsp3) is 0.136. The highest BCUT2D eigenvalue weighted by molar-refractivity contribution is 6.30. The zero-order chi connectivity index (χ0) is 19.6. The molecule has 5 heteroatoms. The summed E-state index contributed by atoms with van der Waals surface area (Å²) in [5, 5.41) is 10.1. The Hall–Kier alpha value is -3.03. The first-order valence-corrected chi connectivity index (χ1v) is 8.73. The van der Waals surface area contributed by atoms with Crippen molar-refractivity contribution in [1.29, 1.82) is 5.26 Å². The number of aryl methyl sites for hydroxylation is 1. The van der Waals surface area contributed by atoms with E-state index in [9.17, 15) is 9.65 Å². The maximum absolute atomic E-state index is 14.1. The molecule has 0 aliphatic rings. The quantitative estimate of drug-likeness (QED) is 0.524. The van der Waals surface area contributed by atoms with Crippen LogP contribution < -0.4 is 4.74 Å². The lowest BCUT2D eigenvalue weighted by Gasteiger charge is -2.14. The summed E-state index contributed by atoms with van der Waals surface area (Å²) in [7, 11) is 1.60. The van der Waals surface area contributed by atoms with E-state index in [0.717, 1.165) is 22.6 Å². The zero-order valence-electron chi connectivity index (χ0n) is 15.3. The Labute approximate surface area is 162 Å². The summed E-state index contributed by atoms with van der Waals surface area (Å²) in [4.78, 5) is 0. The van der Waals surface area contributed by atoms with E-state index in [-0.39, 0.29) is 11.1 Å². The molecule has 0 bridgehead atoms. The Morgan fingerprint density at radius 3 is 2.59 bits per heavy atom. The van der Waals surface area contributed by atoms with Gasteiger partial charge in [0.05, 0.1) is 24.4 Å². The first-order chi connectivity index (χ1) is 13.0. The predicted octanol–water partition coefficient (Wildman–Crippen LogP) is 5.96. The van der Waals surface area contributed by atoms with Gasteiger partial charge in [-0.2, -0.15) is 5.26 Å². The van der Waals surface area contributed by atoms with Gasteiger partial charge in [0.1, 0.15) is 11.6 Å². The number of halogens is 2. The van der Waals surface area contributed by atoms with E-state index in [0.29, 0.717) is 10.8 Å². The van der Waals surface area contributed by atoms with Crippen LogP contribution in [-0.4, -0.2) is 11.7 Å². The molecular weight excluding hydrogens is 363 g/mol. The minimum absolute atomic E-state index is 0.270. The smallest absolute Gasteiger partial charge is 0.142 e. The standard InChI is InChI=1S/C22H18ClFN2O/c1-14-10-16(11-17(13-25)19-6-4-5-7-20(19)24)15(2)26(14)21-12-18(23)8-9-22(21)27-3/h4-12H,1-3H3/b17-11-. The number of hydrogen-bond acceptors (Lipinski definition) is 2. The molecule has 0 unspecified atom stereocenters. The van der Waals surface area contributed by atoms with Crippen molar-refractivity contribution in [3.8, 4) is 17.5 Å². The van der Waals surface area contributed by atoms with E-state index in [4.69, 9.17) is 16.3 Å². The summed E-state index contributed by atoms with van der Waals surface area (Å²) in [5.41, 5.74) is 4.04. The minimum Gasteiger partial charge on any atom is -0.495 e. The average molecular weight is 381 g/mol. The summed E-state index contributed by atoms with van der Waals surface area (Å²) in [6, 6.07) is 15.7. The van der Waals surface area contributed by atoms with E-state index in [1.807, 2.05) is 36.6 Å². The van der Waals surface area contributed by atoms with Gasteiger partial charge in [0.15, 0.2) is 0 Å². The van der Waals surface area contributed by atoms with Crippen molar-refractivity contribution in [2.45, 2.75) is 13.8 Å². The maximum Gasteiger partial charge on any atom is 0.142 e. The van der Waals surface area contributed by atoms with E-state index in [1.54, 1.807) is 37.5 Å². The SMILES string of the molecule is COc1ccc(Cl)cc1-n1c(C)cc(/C=C(/C#N)c2ccccc2F)c1C. The topological polar surface area (TPSA) is 38.0 Å². The lowest BCUT2D eigenvalue weighted by atomic mass is 10.0. The minimum atomic E-state index is -0.421. The molecule has 3 aromatic rings. The highest BCUT2D eigenvalue weighted by atomic mass is 35.5. The molecule has 27 heavy (non-hydrogen) atoms. The summed E-state index contributed by atoms with van der Waals surface area (Å²) in [6.07, 6.45) is 1.70. The molecule has 136 valence electrons. The first-order valence-electron chi connectivity index (χ1n) is 8.35. The van der Waals surface area contributed by atoms with Gasteiger partial charge in [0.25, 0.3) is 0 Å². The number of nitriles is 1. The molecule has 0 atom stereocenters. The summed E-state index contributed by atoms with van der Waals surface area (Å²) >= 11 is 6.17. The largest absolute Gasteiger partial charge is 0.495 e. The number of nitrogens with zero attached hydrogens (tertiary/aromatic N) is 2. The highest BCUT2D eigenvalue weighted by Gasteiger charge is 2.15. The fourth-order valence-corrected chi connectivity index (χ4v) is 3.31. The van der Waals surface area contributed by atoms with Crippen LogP contribution in [0.15, 0.2) is 48.5 Å². The third kappa shape index (κ3) is 3.60. The van der Waals surface area contributed by atoms with Gasteiger partial charge in [0.2, 0.25) is 0 Å². The molecule has 0 saturated carbocycles. The normalized spacial score (nSPS) is 11.3.